The van der Waals surface area contributed by atoms with Crippen LogP contribution in [0.5, 0.6) is 0 Å². The maximum absolute atomic E-state index is 11.4. The molecule has 3 rings (SSSR count). The normalized spacial score (nSPS) is 23.2. The number of benzene rings is 1. The highest BCUT2D eigenvalue weighted by molar-refractivity contribution is 9.10. The first-order chi connectivity index (χ1) is 8.03. The fraction of sp³-hybridized carbons (Fsp3) is 0.364. The van der Waals surface area contributed by atoms with Gasteiger partial charge in [0.05, 0.1) is 23.1 Å². The zero-order valence-corrected chi connectivity index (χ0v) is 11.4. The van der Waals surface area contributed by atoms with Crippen LogP contribution in [0.2, 0.25) is 0 Å². The molecular weight excluding hydrogens is 304 g/mol. The molecule has 1 aromatic carbocycles. The molecule has 2 heterocycles. The first kappa shape index (κ1) is 11.2. The van der Waals surface area contributed by atoms with E-state index in [-0.39, 0.29) is 17.5 Å². The molecule has 0 bridgehead atoms. The van der Waals surface area contributed by atoms with E-state index in [0.29, 0.717) is 6.42 Å². The highest BCUT2D eigenvalue weighted by Gasteiger charge is 2.29. The Kier molecular flexibility index (Phi) is 2.52. The van der Waals surface area contributed by atoms with Gasteiger partial charge in [0.15, 0.2) is 9.84 Å². The third kappa shape index (κ3) is 2.11. The van der Waals surface area contributed by atoms with Crippen LogP contribution in [0.15, 0.2) is 28.9 Å². The molecule has 0 aliphatic carbocycles. The van der Waals surface area contributed by atoms with E-state index in [1.165, 1.54) is 0 Å². The maximum atomic E-state index is 11.4. The van der Waals surface area contributed by atoms with Gasteiger partial charge >= 0.3 is 0 Å². The quantitative estimate of drug-likeness (QED) is 0.810. The predicted octanol–water partition coefficient (Wildman–Crippen LogP) is 2.16. The number of hydrogen-bond donors (Lipinski definition) is 0. The Morgan fingerprint density at radius 1 is 1.41 bits per heavy atom. The van der Waals surface area contributed by atoms with Crippen molar-refractivity contribution in [3.05, 3.63) is 28.9 Å². The van der Waals surface area contributed by atoms with Crippen molar-refractivity contribution < 1.29 is 8.42 Å². The second-order valence-electron chi connectivity index (χ2n) is 4.37. The molecule has 17 heavy (non-hydrogen) atoms. The molecule has 1 aliphatic rings. The summed E-state index contributed by atoms with van der Waals surface area (Å²) in [5.41, 5.74) is 0.900. The lowest BCUT2D eigenvalue weighted by molar-refractivity contribution is 0.504. The van der Waals surface area contributed by atoms with Crippen molar-refractivity contribution in [3.8, 4) is 0 Å². The van der Waals surface area contributed by atoms with Crippen molar-refractivity contribution in [2.75, 3.05) is 11.5 Å². The molecule has 1 fully saturated rings. The van der Waals surface area contributed by atoms with Crippen LogP contribution in [0.3, 0.4) is 0 Å². The second-order valence-corrected chi connectivity index (χ2v) is 7.51. The predicted molar refractivity (Wildman–Crippen MR) is 69.7 cm³/mol. The van der Waals surface area contributed by atoms with Crippen molar-refractivity contribution in [2.45, 2.75) is 12.5 Å². The lowest BCUT2D eigenvalue weighted by Gasteiger charge is -2.06. The summed E-state index contributed by atoms with van der Waals surface area (Å²) in [7, 11) is -2.86. The molecule has 0 N–H and O–H groups in total. The van der Waals surface area contributed by atoms with Crippen LogP contribution in [-0.2, 0) is 9.84 Å². The average molecular weight is 315 g/mol. The second kappa shape index (κ2) is 3.81. The Hall–Kier alpha value is -0.880. The van der Waals surface area contributed by atoms with Crippen LogP contribution in [0, 0.1) is 0 Å². The molecule has 1 aliphatic heterocycles. The molecular formula is C11H11BrN2O2S. The lowest BCUT2D eigenvalue weighted by atomic mass is 10.2. The van der Waals surface area contributed by atoms with Gasteiger partial charge in [0.25, 0.3) is 0 Å². The highest BCUT2D eigenvalue weighted by atomic mass is 79.9. The van der Waals surface area contributed by atoms with Crippen molar-refractivity contribution in [1.29, 1.82) is 0 Å². The van der Waals surface area contributed by atoms with Crippen LogP contribution in [0.4, 0.5) is 0 Å². The van der Waals surface area contributed by atoms with E-state index < -0.39 is 9.84 Å². The molecule has 1 atom stereocenters. The number of fused-ring (bicyclic) bond motifs is 1. The third-order valence-electron chi connectivity index (χ3n) is 3.07. The van der Waals surface area contributed by atoms with Crippen LogP contribution in [0.25, 0.3) is 10.9 Å². The van der Waals surface area contributed by atoms with Gasteiger partial charge in [-0.25, -0.2) is 8.42 Å². The van der Waals surface area contributed by atoms with E-state index in [1.807, 2.05) is 24.4 Å². The van der Waals surface area contributed by atoms with Crippen LogP contribution in [-0.4, -0.2) is 29.7 Å². The standard InChI is InChI=1S/C11H11BrN2O2S/c12-9-1-2-11-8(5-9)6-14(13-11)10-3-4-17(15,16)7-10/h1-2,5-6,10H,3-4,7H2. The van der Waals surface area contributed by atoms with Gasteiger partial charge in [-0.2, -0.15) is 5.10 Å². The van der Waals surface area contributed by atoms with E-state index in [0.717, 1.165) is 15.4 Å². The molecule has 1 saturated heterocycles. The SMILES string of the molecule is O=S1(=O)CCC(n2cc3cc(Br)ccc3n2)C1. The molecule has 90 valence electrons. The van der Waals surface area contributed by atoms with Gasteiger partial charge in [-0.3, -0.25) is 4.68 Å². The minimum Gasteiger partial charge on any atom is -0.267 e. The molecule has 1 unspecified atom stereocenters. The summed E-state index contributed by atoms with van der Waals surface area (Å²) in [6.45, 7) is 0. The Morgan fingerprint density at radius 2 is 2.24 bits per heavy atom. The largest absolute Gasteiger partial charge is 0.267 e. The van der Waals surface area contributed by atoms with E-state index in [9.17, 15) is 8.42 Å². The van der Waals surface area contributed by atoms with E-state index in [4.69, 9.17) is 0 Å². The summed E-state index contributed by atoms with van der Waals surface area (Å²) in [5.74, 6) is 0.486. The molecule has 4 nitrogen and oxygen atoms in total. The number of rotatable bonds is 1. The summed E-state index contributed by atoms with van der Waals surface area (Å²) in [6.07, 6.45) is 2.59. The first-order valence-corrected chi connectivity index (χ1v) is 8.00. The maximum Gasteiger partial charge on any atom is 0.152 e. The van der Waals surface area contributed by atoms with E-state index in [1.54, 1.807) is 4.68 Å². The highest BCUT2D eigenvalue weighted by Crippen LogP contribution is 2.26. The molecule has 2 aromatic rings. The zero-order chi connectivity index (χ0) is 12.0. The van der Waals surface area contributed by atoms with Crippen LogP contribution >= 0.6 is 15.9 Å². The van der Waals surface area contributed by atoms with Crippen LogP contribution < -0.4 is 0 Å². The summed E-state index contributed by atoms with van der Waals surface area (Å²) in [6, 6.07) is 5.85. The molecule has 0 saturated carbocycles. The van der Waals surface area contributed by atoms with E-state index >= 15 is 0 Å². The molecule has 1 aromatic heterocycles. The van der Waals surface area contributed by atoms with Gasteiger partial charge in [0.2, 0.25) is 0 Å². The Morgan fingerprint density at radius 3 is 2.94 bits per heavy atom. The fourth-order valence-electron chi connectivity index (χ4n) is 2.19. The fourth-order valence-corrected chi connectivity index (χ4v) is 4.27. The number of hydrogen-bond acceptors (Lipinski definition) is 3. The van der Waals surface area contributed by atoms with Gasteiger partial charge < -0.3 is 0 Å². The van der Waals surface area contributed by atoms with Crippen molar-refractivity contribution in [1.82, 2.24) is 9.78 Å². The summed E-state index contributed by atoms with van der Waals surface area (Å²) >= 11 is 3.41. The molecule has 0 amide bonds. The molecule has 0 spiro atoms. The summed E-state index contributed by atoms with van der Waals surface area (Å²) < 4.78 is 25.7. The first-order valence-electron chi connectivity index (χ1n) is 5.38. The minimum absolute atomic E-state index is 0.00817. The number of aromatic nitrogens is 2. The summed E-state index contributed by atoms with van der Waals surface area (Å²) in [5, 5.41) is 5.46. The lowest BCUT2D eigenvalue weighted by Crippen LogP contribution is -2.11. The number of sulfone groups is 1. The Bertz CT molecular complexity index is 678. The average Bonchev–Trinajstić information content (AvgIpc) is 2.80. The van der Waals surface area contributed by atoms with Crippen LogP contribution in [0.1, 0.15) is 12.5 Å². The Balaban J connectivity index is 2.02. The van der Waals surface area contributed by atoms with Crippen molar-refractivity contribution in [2.24, 2.45) is 0 Å². The number of halogens is 1. The van der Waals surface area contributed by atoms with Gasteiger partial charge in [0, 0.05) is 16.1 Å². The smallest absolute Gasteiger partial charge is 0.152 e. The van der Waals surface area contributed by atoms with Gasteiger partial charge in [-0.05, 0) is 24.6 Å². The molecule has 6 heteroatoms. The van der Waals surface area contributed by atoms with Crippen molar-refractivity contribution in [3.63, 3.8) is 0 Å². The minimum atomic E-state index is -2.86. The van der Waals surface area contributed by atoms with E-state index in [2.05, 4.69) is 21.0 Å². The topological polar surface area (TPSA) is 52.0 Å². The van der Waals surface area contributed by atoms with Gasteiger partial charge in [-0.15, -0.1) is 0 Å². The monoisotopic (exact) mass is 314 g/mol. The summed E-state index contributed by atoms with van der Waals surface area (Å²) in [4.78, 5) is 0. The van der Waals surface area contributed by atoms with Gasteiger partial charge in [0.1, 0.15) is 0 Å². The van der Waals surface area contributed by atoms with Gasteiger partial charge in [-0.1, -0.05) is 15.9 Å². The zero-order valence-electron chi connectivity index (χ0n) is 9.01. The number of nitrogens with zero attached hydrogens (tertiary/aromatic N) is 2. The third-order valence-corrected chi connectivity index (χ3v) is 5.31. The molecule has 0 radical (unpaired) electrons. The Labute approximate surface area is 108 Å². The van der Waals surface area contributed by atoms with Crippen molar-refractivity contribution >= 4 is 36.7 Å².